The fourth-order valence-corrected chi connectivity index (χ4v) is 8.71. The molecule has 0 saturated carbocycles. The second-order valence-electron chi connectivity index (χ2n) is 12.9. The monoisotopic (exact) mass is 772 g/mol. The van der Waals surface area contributed by atoms with Crippen molar-refractivity contribution in [3.8, 4) is 11.5 Å². The number of nitrogens with zero attached hydrogens (tertiary/aromatic N) is 3. The van der Waals surface area contributed by atoms with Gasteiger partial charge in [0.15, 0.2) is 6.10 Å². The normalized spacial score (nSPS) is 19.5. The summed E-state index contributed by atoms with van der Waals surface area (Å²) in [5.74, 6) is 0.529. The molecule has 13 heteroatoms. The van der Waals surface area contributed by atoms with E-state index < -0.39 is 18.2 Å². The molecule has 286 valence electrons. The minimum Gasteiger partial charge on any atom is -0.497 e. The number of rotatable bonds is 11. The fraction of sp³-hybridized carbons (Fsp3) is 0.341. The molecule has 0 bridgehead atoms. The minimum absolute atomic E-state index is 0.219. The molecule has 2 aliphatic rings. The summed E-state index contributed by atoms with van der Waals surface area (Å²) in [6.07, 6.45) is -2.02. The summed E-state index contributed by atoms with van der Waals surface area (Å²) >= 11 is 3.06. The number of likely N-dealkylation sites (N-methyl/N-ethyl adjacent to an activating group) is 2. The van der Waals surface area contributed by atoms with Gasteiger partial charge in [0.2, 0.25) is 0 Å². The number of carbonyl (C=O) groups is 3. The lowest BCUT2D eigenvalue weighted by Gasteiger charge is -2.27. The van der Waals surface area contributed by atoms with Crippen LogP contribution in [-0.4, -0.2) is 102 Å². The van der Waals surface area contributed by atoms with Crippen molar-refractivity contribution in [2.75, 3.05) is 71.3 Å². The summed E-state index contributed by atoms with van der Waals surface area (Å²) in [7, 11) is 9.01. The van der Waals surface area contributed by atoms with Crippen LogP contribution in [0.25, 0.3) is 0 Å². The molecule has 0 aliphatic carbocycles. The molecule has 0 radical (unpaired) electrons. The van der Waals surface area contributed by atoms with Gasteiger partial charge in [-0.3, -0.25) is 14.4 Å². The Balaban J connectivity index is 0.000000208. The van der Waals surface area contributed by atoms with Gasteiger partial charge in [-0.05, 0) is 80.8 Å². The van der Waals surface area contributed by atoms with E-state index in [9.17, 15) is 19.5 Å². The van der Waals surface area contributed by atoms with Crippen LogP contribution < -0.4 is 24.6 Å². The predicted octanol–water partition coefficient (Wildman–Crippen LogP) is 5.82. The average Bonchev–Trinajstić information content (AvgIpc) is 3.36. The van der Waals surface area contributed by atoms with E-state index in [4.69, 9.17) is 14.2 Å². The Hall–Kier alpha value is -4.53. The summed E-state index contributed by atoms with van der Waals surface area (Å²) in [5.41, 5.74) is 3.50. The SMILES string of the molecule is CNCCN1C(=O)C(OC(C)=O)C(c2ccc(OC)cc2)Sc2ccccc21.COc1ccc(C2Sc3ccccc3N(CCN(C)C)C(=O)C2O)cc1. The number of methoxy groups -OCH3 is 2. The van der Waals surface area contributed by atoms with Gasteiger partial charge in [0.25, 0.3) is 11.8 Å². The zero-order valence-corrected chi connectivity index (χ0v) is 33.1. The highest BCUT2D eigenvalue weighted by molar-refractivity contribution is 8.00. The lowest BCUT2D eigenvalue weighted by Crippen LogP contribution is -2.45. The van der Waals surface area contributed by atoms with E-state index in [0.29, 0.717) is 19.6 Å². The van der Waals surface area contributed by atoms with Gasteiger partial charge in [-0.15, -0.1) is 23.5 Å². The molecule has 2 amide bonds. The number of ether oxygens (including phenoxy) is 3. The Morgan fingerprint density at radius 2 is 1.22 bits per heavy atom. The number of amides is 2. The van der Waals surface area contributed by atoms with Gasteiger partial charge in [0.1, 0.15) is 17.6 Å². The highest BCUT2D eigenvalue weighted by Gasteiger charge is 2.41. The van der Waals surface area contributed by atoms with Crippen molar-refractivity contribution in [3.63, 3.8) is 0 Å². The highest BCUT2D eigenvalue weighted by atomic mass is 32.2. The van der Waals surface area contributed by atoms with Gasteiger partial charge in [-0.2, -0.15) is 0 Å². The number of aliphatic hydroxyl groups excluding tert-OH is 1. The van der Waals surface area contributed by atoms with Crippen molar-refractivity contribution in [1.82, 2.24) is 10.2 Å². The van der Waals surface area contributed by atoms with Crippen LogP contribution in [0.15, 0.2) is 107 Å². The van der Waals surface area contributed by atoms with E-state index >= 15 is 0 Å². The van der Waals surface area contributed by atoms with Crippen molar-refractivity contribution in [3.05, 3.63) is 108 Å². The maximum atomic E-state index is 13.4. The predicted molar refractivity (Wildman–Crippen MR) is 215 cm³/mol. The molecule has 54 heavy (non-hydrogen) atoms. The first-order valence-corrected chi connectivity index (χ1v) is 19.4. The topological polar surface area (TPSA) is 121 Å². The molecule has 4 atom stereocenters. The van der Waals surface area contributed by atoms with Crippen LogP contribution >= 0.6 is 23.5 Å². The molecule has 6 rings (SSSR count). The number of fused-ring (bicyclic) bond motifs is 2. The molecule has 2 aliphatic heterocycles. The summed E-state index contributed by atoms with van der Waals surface area (Å²) < 4.78 is 16.0. The van der Waals surface area contributed by atoms with Crippen LogP contribution in [0.5, 0.6) is 11.5 Å². The fourth-order valence-electron chi connectivity index (χ4n) is 6.13. The quantitative estimate of drug-likeness (QED) is 0.180. The molecule has 0 saturated heterocycles. The first-order chi connectivity index (χ1) is 26.1. The lowest BCUT2D eigenvalue weighted by molar-refractivity contribution is -0.152. The first-order valence-electron chi connectivity index (χ1n) is 17.6. The zero-order valence-electron chi connectivity index (χ0n) is 31.4. The Bertz CT molecular complexity index is 1880. The number of para-hydroxylation sites is 2. The van der Waals surface area contributed by atoms with Crippen molar-refractivity contribution >= 4 is 52.7 Å². The van der Waals surface area contributed by atoms with Crippen LogP contribution in [0.3, 0.4) is 0 Å². The highest BCUT2D eigenvalue weighted by Crippen LogP contribution is 2.47. The van der Waals surface area contributed by atoms with Crippen LogP contribution in [-0.2, 0) is 19.1 Å². The van der Waals surface area contributed by atoms with E-state index in [-0.39, 0.29) is 22.3 Å². The van der Waals surface area contributed by atoms with Gasteiger partial charge >= 0.3 is 5.97 Å². The first kappa shape index (κ1) is 40.7. The Morgan fingerprint density at radius 1 is 0.741 bits per heavy atom. The van der Waals surface area contributed by atoms with Gasteiger partial charge in [-0.25, -0.2) is 0 Å². The van der Waals surface area contributed by atoms with Crippen molar-refractivity contribution < 1.29 is 33.7 Å². The number of thioether (sulfide) groups is 2. The number of esters is 1. The third-order valence-electron chi connectivity index (χ3n) is 8.95. The van der Waals surface area contributed by atoms with E-state index in [0.717, 1.165) is 50.3 Å². The average molecular weight is 773 g/mol. The van der Waals surface area contributed by atoms with E-state index in [1.165, 1.54) is 30.4 Å². The van der Waals surface area contributed by atoms with E-state index in [1.807, 2.05) is 123 Å². The zero-order chi connectivity index (χ0) is 38.8. The molecule has 0 spiro atoms. The van der Waals surface area contributed by atoms with Crippen LogP contribution in [0.1, 0.15) is 28.6 Å². The maximum Gasteiger partial charge on any atom is 0.303 e. The third-order valence-corrected chi connectivity index (χ3v) is 11.7. The summed E-state index contributed by atoms with van der Waals surface area (Å²) in [6.45, 7) is 3.71. The van der Waals surface area contributed by atoms with Gasteiger partial charge in [-0.1, -0.05) is 48.5 Å². The summed E-state index contributed by atoms with van der Waals surface area (Å²) in [5, 5.41) is 13.2. The molecule has 4 aromatic carbocycles. The smallest absolute Gasteiger partial charge is 0.303 e. The van der Waals surface area contributed by atoms with Crippen LogP contribution in [0, 0.1) is 0 Å². The van der Waals surface area contributed by atoms with Crippen molar-refractivity contribution in [2.24, 2.45) is 0 Å². The Kier molecular flexibility index (Phi) is 14.4. The third kappa shape index (κ3) is 9.76. The van der Waals surface area contributed by atoms with Gasteiger partial charge in [0.05, 0.1) is 36.1 Å². The summed E-state index contributed by atoms with van der Waals surface area (Å²) in [4.78, 5) is 45.7. The van der Waals surface area contributed by atoms with Crippen LogP contribution in [0.4, 0.5) is 11.4 Å². The van der Waals surface area contributed by atoms with E-state index in [2.05, 4.69) is 5.32 Å². The second kappa shape index (κ2) is 19.2. The molecule has 0 aromatic heterocycles. The molecule has 11 nitrogen and oxygen atoms in total. The number of hydrogen-bond acceptors (Lipinski definition) is 11. The summed E-state index contributed by atoms with van der Waals surface area (Å²) in [6, 6.07) is 30.7. The molecular formula is C41H48N4O7S2. The Labute approximate surface area is 325 Å². The van der Waals surface area contributed by atoms with Gasteiger partial charge < -0.3 is 39.3 Å². The number of nitrogens with one attached hydrogen (secondary N) is 1. The van der Waals surface area contributed by atoms with Crippen LogP contribution in [0.2, 0.25) is 0 Å². The second-order valence-corrected chi connectivity index (χ2v) is 15.3. The maximum absolute atomic E-state index is 13.4. The molecule has 2 heterocycles. The number of anilines is 2. The standard InChI is InChI=1S/C21H24N2O4S.C20H24N2O3S/c1-14(24)27-19-20(15-8-10-16(26-3)11-9-15)28-18-7-5-4-6-17(18)23(21(19)25)13-12-22-2;1-21(2)12-13-22-16-6-4-5-7-17(16)26-19(18(23)20(22)24)14-8-10-15(25-3)11-9-14/h4-11,19-20,22H,12-13H2,1-3H3;4-11,18-19,23H,12-13H2,1-3H3. The molecule has 4 aromatic rings. The van der Waals surface area contributed by atoms with Crippen molar-refractivity contribution in [2.45, 2.75) is 39.4 Å². The minimum atomic E-state index is -1.11. The lowest BCUT2D eigenvalue weighted by atomic mass is 10.1. The molecule has 0 fully saturated rings. The largest absolute Gasteiger partial charge is 0.497 e. The molecule has 2 N–H and O–H groups in total. The number of hydrogen-bond donors (Lipinski definition) is 2. The number of aliphatic hydroxyl groups is 1. The van der Waals surface area contributed by atoms with Crippen molar-refractivity contribution in [1.29, 1.82) is 0 Å². The number of benzene rings is 4. The van der Waals surface area contributed by atoms with Gasteiger partial charge in [0, 0.05) is 42.9 Å². The Morgan fingerprint density at radius 3 is 1.70 bits per heavy atom. The van der Waals surface area contributed by atoms with E-state index in [1.54, 1.807) is 24.0 Å². The molecule has 4 unspecified atom stereocenters. The number of carbonyl (C=O) groups excluding carboxylic acids is 3. The molecular weight excluding hydrogens is 725 g/mol.